The minimum atomic E-state index is -1.13. The highest BCUT2D eigenvalue weighted by Crippen LogP contribution is 2.57. The van der Waals surface area contributed by atoms with Gasteiger partial charge in [0.15, 0.2) is 0 Å². The van der Waals surface area contributed by atoms with Crippen LogP contribution in [0.2, 0.25) is 0 Å². The lowest BCUT2D eigenvalue weighted by Gasteiger charge is -2.36. The van der Waals surface area contributed by atoms with Crippen molar-refractivity contribution in [1.82, 2.24) is 4.98 Å². The Bertz CT molecular complexity index is 781. The predicted molar refractivity (Wildman–Crippen MR) is 121 cm³/mol. The fourth-order valence-corrected chi connectivity index (χ4v) is 7.44. The molecule has 0 unspecified atom stereocenters. The van der Waals surface area contributed by atoms with Gasteiger partial charge < -0.3 is 0 Å². The number of nitrogens with zero attached hydrogens (tertiary/aromatic N) is 1. The van der Waals surface area contributed by atoms with E-state index in [1.807, 2.05) is 12.1 Å². The number of pyridine rings is 1. The Morgan fingerprint density at radius 3 is 1.68 bits per heavy atom. The third kappa shape index (κ3) is 4.75. The molecular formula is C20H32FNS3. The van der Waals surface area contributed by atoms with Crippen molar-refractivity contribution in [3.05, 3.63) is 36.3 Å². The second-order valence-corrected chi connectivity index (χ2v) is 21.0. The second kappa shape index (κ2) is 6.82. The first kappa shape index (κ1) is 20.7. The molecule has 1 nitrogen and oxygen atoms in total. The molecule has 0 aliphatic heterocycles. The Hall–Kier alpha value is -0.650. The Labute approximate surface area is 157 Å². The highest BCUT2D eigenvalue weighted by atomic mass is 32.3. The van der Waals surface area contributed by atoms with Crippen molar-refractivity contribution < 1.29 is 4.39 Å². The van der Waals surface area contributed by atoms with Gasteiger partial charge in [0.2, 0.25) is 0 Å². The maximum Gasteiger partial charge on any atom is 0.135 e. The molecule has 0 aliphatic rings. The summed E-state index contributed by atoms with van der Waals surface area (Å²) in [5.74, 6) is -0.108. The minimum Gasteiger partial charge on any atom is -0.255 e. The third-order valence-corrected chi connectivity index (χ3v) is 9.10. The normalized spacial score (nSPS) is 15.1. The molecule has 1 heterocycles. The topological polar surface area (TPSA) is 12.9 Å². The van der Waals surface area contributed by atoms with Crippen LogP contribution < -0.4 is 0 Å². The molecule has 0 saturated heterocycles. The molecule has 1 aromatic heterocycles. The van der Waals surface area contributed by atoms with Gasteiger partial charge in [0, 0.05) is 26.4 Å². The van der Waals surface area contributed by atoms with Crippen LogP contribution in [0.1, 0.15) is 0 Å². The minimum absolute atomic E-state index is 0.108. The van der Waals surface area contributed by atoms with Crippen LogP contribution in [-0.4, -0.2) is 61.3 Å². The fourth-order valence-electron chi connectivity index (χ4n) is 2.65. The van der Waals surface area contributed by atoms with Crippen molar-refractivity contribution in [3.63, 3.8) is 0 Å². The van der Waals surface area contributed by atoms with E-state index in [1.165, 1.54) is 9.79 Å². The summed E-state index contributed by atoms with van der Waals surface area (Å²) in [7, 11) is -2.86. The summed E-state index contributed by atoms with van der Waals surface area (Å²) < 4.78 is 14.3. The molecule has 5 heteroatoms. The smallest absolute Gasteiger partial charge is 0.135 e. The van der Waals surface area contributed by atoms with Crippen molar-refractivity contribution in [3.8, 4) is 11.3 Å². The Kier molecular flexibility index (Phi) is 5.64. The van der Waals surface area contributed by atoms with Crippen molar-refractivity contribution in [2.45, 2.75) is 14.7 Å². The molecule has 0 radical (unpaired) electrons. The Morgan fingerprint density at radius 1 is 0.680 bits per heavy atom. The van der Waals surface area contributed by atoms with Crippen molar-refractivity contribution in [2.24, 2.45) is 0 Å². The third-order valence-electron chi connectivity index (χ3n) is 4.04. The number of benzene rings is 1. The lowest BCUT2D eigenvalue weighted by atomic mass is 10.1. The van der Waals surface area contributed by atoms with E-state index < -0.39 is 30.1 Å². The highest BCUT2D eigenvalue weighted by molar-refractivity contribution is 8.34. The molecule has 0 saturated carbocycles. The molecule has 25 heavy (non-hydrogen) atoms. The summed E-state index contributed by atoms with van der Waals surface area (Å²) in [6.45, 7) is 0. The van der Waals surface area contributed by atoms with E-state index in [0.29, 0.717) is 0 Å². The van der Waals surface area contributed by atoms with Gasteiger partial charge in [0.25, 0.3) is 0 Å². The molecule has 0 amide bonds. The van der Waals surface area contributed by atoms with Gasteiger partial charge in [0.05, 0.1) is 5.69 Å². The molecule has 0 aliphatic carbocycles. The summed E-state index contributed by atoms with van der Waals surface area (Å²) in [5.41, 5.74) is 1.97. The molecule has 0 fully saturated rings. The first-order valence-electron chi connectivity index (χ1n) is 8.06. The fraction of sp³-hybridized carbons (Fsp3) is 0.450. The molecule has 1 aromatic carbocycles. The van der Waals surface area contributed by atoms with E-state index in [-0.39, 0.29) is 5.82 Å². The maximum atomic E-state index is 14.3. The monoisotopic (exact) mass is 401 g/mol. The summed E-state index contributed by atoms with van der Waals surface area (Å²) in [4.78, 5) is 8.40. The standard InChI is InChI=1S/C20H32FNS3/c1-23(2,3)18-12-15(10-11-16(18)21)17-13-19(24(4,5)6)20(14-22-17)25(7,8)9/h10-14H,1-9H3. The number of hydrogen-bond acceptors (Lipinski definition) is 1. The largest absolute Gasteiger partial charge is 0.255 e. The van der Waals surface area contributed by atoms with Crippen LogP contribution >= 0.6 is 30.1 Å². The van der Waals surface area contributed by atoms with Crippen molar-refractivity contribution in [2.75, 3.05) is 56.3 Å². The van der Waals surface area contributed by atoms with Gasteiger partial charge >= 0.3 is 0 Å². The van der Waals surface area contributed by atoms with E-state index >= 15 is 0 Å². The number of rotatable bonds is 4. The van der Waals surface area contributed by atoms with Crippen LogP contribution in [0.5, 0.6) is 0 Å². The highest BCUT2D eigenvalue weighted by Gasteiger charge is 2.22. The molecule has 0 spiro atoms. The molecule has 0 N–H and O–H groups in total. The maximum absolute atomic E-state index is 14.3. The second-order valence-electron chi connectivity index (χ2n) is 8.67. The average molecular weight is 402 g/mol. The molecule has 2 rings (SSSR count). The zero-order valence-corrected chi connectivity index (χ0v) is 19.4. The van der Waals surface area contributed by atoms with Crippen LogP contribution in [0.15, 0.2) is 45.1 Å². The molecular weight excluding hydrogens is 369 g/mol. The van der Waals surface area contributed by atoms with Crippen molar-refractivity contribution in [1.29, 1.82) is 0 Å². The van der Waals surface area contributed by atoms with Gasteiger partial charge in [-0.25, -0.2) is 34.5 Å². The van der Waals surface area contributed by atoms with E-state index in [4.69, 9.17) is 4.98 Å². The zero-order chi connectivity index (χ0) is 19.2. The van der Waals surface area contributed by atoms with Crippen molar-refractivity contribution >= 4 is 30.1 Å². The zero-order valence-electron chi connectivity index (χ0n) is 16.9. The van der Waals surface area contributed by atoms with Crippen LogP contribution in [-0.2, 0) is 0 Å². The van der Waals surface area contributed by atoms with Crippen LogP contribution in [0.4, 0.5) is 4.39 Å². The van der Waals surface area contributed by atoms with E-state index in [2.05, 4.69) is 68.6 Å². The molecule has 142 valence electrons. The Morgan fingerprint density at radius 2 is 1.20 bits per heavy atom. The number of hydrogen-bond donors (Lipinski definition) is 0. The molecule has 0 atom stereocenters. The summed E-state index contributed by atoms with van der Waals surface area (Å²) in [6.07, 6.45) is 22.4. The lowest BCUT2D eigenvalue weighted by Crippen LogP contribution is -2.04. The quantitative estimate of drug-likeness (QED) is 0.608. The van der Waals surface area contributed by atoms with Crippen LogP contribution in [0, 0.1) is 5.82 Å². The van der Waals surface area contributed by atoms with Crippen LogP contribution in [0.25, 0.3) is 11.3 Å². The number of halogens is 1. The summed E-state index contributed by atoms with van der Waals surface area (Å²) >= 11 is 0. The van der Waals surface area contributed by atoms with Gasteiger partial charge in [-0.15, -0.1) is 0 Å². The SMILES string of the molecule is CS(C)(C)c1cc(-c2cc(S(C)(C)C)c(S(C)(C)C)cn2)ccc1F. The van der Waals surface area contributed by atoms with Gasteiger partial charge in [-0.2, -0.15) is 0 Å². The lowest BCUT2D eigenvalue weighted by molar-refractivity contribution is 0.601. The summed E-state index contributed by atoms with van der Waals surface area (Å²) in [5, 5.41) is 0. The predicted octanol–water partition coefficient (Wildman–Crippen LogP) is 6.05. The van der Waals surface area contributed by atoms with Gasteiger partial charge in [-0.3, -0.25) is 4.98 Å². The summed E-state index contributed by atoms with van der Waals surface area (Å²) in [6, 6.07) is 7.70. The molecule has 0 bridgehead atoms. The van der Waals surface area contributed by atoms with E-state index in [1.54, 1.807) is 6.07 Å². The van der Waals surface area contributed by atoms with E-state index in [0.717, 1.165) is 16.2 Å². The Balaban J connectivity index is 2.66. The molecule has 2 aromatic rings. The average Bonchev–Trinajstić information content (AvgIpc) is 2.44. The van der Waals surface area contributed by atoms with Crippen LogP contribution in [0.3, 0.4) is 0 Å². The van der Waals surface area contributed by atoms with Gasteiger partial charge in [-0.1, -0.05) is 0 Å². The first-order chi connectivity index (χ1) is 11.2. The first-order valence-corrected chi connectivity index (χ1v) is 16.6. The van der Waals surface area contributed by atoms with Gasteiger partial charge in [-0.05, 0) is 80.6 Å². The van der Waals surface area contributed by atoms with E-state index in [9.17, 15) is 4.39 Å². The number of aromatic nitrogens is 1. The van der Waals surface area contributed by atoms with Gasteiger partial charge in [0.1, 0.15) is 5.82 Å².